The SMILES string of the molecule is O=C(C1CC1)N1CCC2(CC(=O)N(c3cccc(F)c3)C2)C1. The predicted molar refractivity (Wildman–Crippen MR) is 79.7 cm³/mol. The van der Waals surface area contributed by atoms with E-state index in [1.165, 1.54) is 12.1 Å². The number of nitrogens with zero attached hydrogens (tertiary/aromatic N) is 2. The maximum absolute atomic E-state index is 13.4. The molecule has 1 saturated carbocycles. The zero-order chi connectivity index (χ0) is 15.3. The van der Waals surface area contributed by atoms with Crippen molar-refractivity contribution in [1.82, 2.24) is 4.90 Å². The van der Waals surface area contributed by atoms with Crippen molar-refractivity contribution in [3.8, 4) is 0 Å². The molecule has 2 saturated heterocycles. The molecule has 0 N–H and O–H groups in total. The number of hydrogen-bond donors (Lipinski definition) is 0. The van der Waals surface area contributed by atoms with E-state index in [2.05, 4.69) is 0 Å². The first-order valence-corrected chi connectivity index (χ1v) is 7.91. The zero-order valence-corrected chi connectivity index (χ0v) is 12.4. The van der Waals surface area contributed by atoms with Crippen molar-refractivity contribution in [2.45, 2.75) is 25.7 Å². The summed E-state index contributed by atoms with van der Waals surface area (Å²) in [5.41, 5.74) is 0.474. The van der Waals surface area contributed by atoms with E-state index >= 15 is 0 Å². The van der Waals surface area contributed by atoms with Gasteiger partial charge < -0.3 is 9.80 Å². The fraction of sp³-hybridized carbons (Fsp3) is 0.529. The van der Waals surface area contributed by atoms with Gasteiger partial charge in [-0.25, -0.2) is 4.39 Å². The number of halogens is 1. The van der Waals surface area contributed by atoms with Gasteiger partial charge in [0.15, 0.2) is 0 Å². The van der Waals surface area contributed by atoms with Gasteiger partial charge in [0.05, 0.1) is 0 Å². The van der Waals surface area contributed by atoms with E-state index in [0.29, 0.717) is 25.2 Å². The molecule has 2 heterocycles. The van der Waals surface area contributed by atoms with Crippen molar-refractivity contribution in [2.24, 2.45) is 11.3 Å². The second-order valence-corrected chi connectivity index (χ2v) is 6.92. The molecule has 1 unspecified atom stereocenters. The number of amides is 2. The Kier molecular flexibility index (Phi) is 2.99. The quantitative estimate of drug-likeness (QED) is 0.840. The minimum absolute atomic E-state index is 0.0336. The van der Waals surface area contributed by atoms with Crippen LogP contribution in [0.1, 0.15) is 25.7 Å². The average molecular weight is 302 g/mol. The van der Waals surface area contributed by atoms with Crippen LogP contribution in [0.25, 0.3) is 0 Å². The summed E-state index contributed by atoms with van der Waals surface area (Å²) in [5.74, 6) is 0.189. The van der Waals surface area contributed by atoms with Crippen LogP contribution in [0.2, 0.25) is 0 Å². The summed E-state index contributed by atoms with van der Waals surface area (Å²) in [7, 11) is 0. The normalized spacial score (nSPS) is 28.0. The lowest BCUT2D eigenvalue weighted by Crippen LogP contribution is -2.34. The van der Waals surface area contributed by atoms with Crippen LogP contribution in [0.5, 0.6) is 0 Å². The van der Waals surface area contributed by atoms with E-state index in [1.54, 1.807) is 17.0 Å². The molecule has 3 aliphatic rings. The lowest BCUT2D eigenvalue weighted by Gasteiger charge is -2.24. The van der Waals surface area contributed by atoms with Gasteiger partial charge in [0, 0.05) is 43.1 Å². The average Bonchev–Trinajstić information content (AvgIpc) is 3.19. The largest absolute Gasteiger partial charge is 0.342 e. The van der Waals surface area contributed by atoms with E-state index in [9.17, 15) is 14.0 Å². The molecule has 1 atom stereocenters. The molecule has 0 bridgehead atoms. The van der Waals surface area contributed by atoms with Crippen LogP contribution in [0.3, 0.4) is 0 Å². The number of likely N-dealkylation sites (tertiary alicyclic amines) is 1. The van der Waals surface area contributed by atoms with E-state index in [0.717, 1.165) is 25.8 Å². The molecule has 5 heteroatoms. The standard InChI is InChI=1S/C17H19FN2O2/c18-13-2-1-3-14(8-13)20-11-17(9-15(20)21)6-7-19(10-17)16(22)12-4-5-12/h1-3,8,12H,4-7,9-11H2. The lowest BCUT2D eigenvalue weighted by molar-refractivity contribution is -0.132. The summed E-state index contributed by atoms with van der Waals surface area (Å²) >= 11 is 0. The van der Waals surface area contributed by atoms with Gasteiger partial charge in [-0.15, -0.1) is 0 Å². The summed E-state index contributed by atoms with van der Waals surface area (Å²) < 4.78 is 13.4. The van der Waals surface area contributed by atoms with Crippen LogP contribution >= 0.6 is 0 Å². The van der Waals surface area contributed by atoms with Crippen LogP contribution in [-0.2, 0) is 9.59 Å². The van der Waals surface area contributed by atoms with Crippen molar-refractivity contribution < 1.29 is 14.0 Å². The Hall–Kier alpha value is -1.91. The summed E-state index contributed by atoms with van der Waals surface area (Å²) in [5, 5.41) is 0. The van der Waals surface area contributed by atoms with E-state index in [-0.39, 0.29) is 29.0 Å². The maximum Gasteiger partial charge on any atom is 0.227 e. The second-order valence-electron chi connectivity index (χ2n) is 6.92. The maximum atomic E-state index is 13.4. The van der Waals surface area contributed by atoms with E-state index < -0.39 is 0 Å². The van der Waals surface area contributed by atoms with Gasteiger partial charge in [-0.2, -0.15) is 0 Å². The fourth-order valence-corrected chi connectivity index (χ4v) is 3.76. The molecule has 1 aromatic carbocycles. The minimum atomic E-state index is -0.330. The van der Waals surface area contributed by atoms with Gasteiger partial charge in [-0.1, -0.05) is 6.07 Å². The highest BCUT2D eigenvalue weighted by Gasteiger charge is 2.50. The van der Waals surface area contributed by atoms with E-state index in [1.807, 2.05) is 4.90 Å². The molecule has 2 amide bonds. The second kappa shape index (κ2) is 4.80. The molecule has 4 nitrogen and oxygen atoms in total. The first kappa shape index (κ1) is 13.7. The summed E-state index contributed by atoms with van der Waals surface area (Å²) in [4.78, 5) is 28.2. The summed E-state index contributed by atoms with van der Waals surface area (Å²) in [6.07, 6.45) is 3.34. The van der Waals surface area contributed by atoms with Crippen LogP contribution in [0.15, 0.2) is 24.3 Å². The number of benzene rings is 1. The molecular weight excluding hydrogens is 283 g/mol. The summed E-state index contributed by atoms with van der Waals surface area (Å²) in [6, 6.07) is 6.17. The van der Waals surface area contributed by atoms with Gasteiger partial charge >= 0.3 is 0 Å². The van der Waals surface area contributed by atoms with Gasteiger partial charge in [0.2, 0.25) is 11.8 Å². The Morgan fingerprint density at radius 2 is 2.09 bits per heavy atom. The Morgan fingerprint density at radius 3 is 2.82 bits per heavy atom. The molecule has 22 heavy (non-hydrogen) atoms. The Labute approximate surface area is 128 Å². The molecule has 2 aliphatic heterocycles. The Bertz CT molecular complexity index is 643. The van der Waals surface area contributed by atoms with Crippen molar-refractivity contribution in [1.29, 1.82) is 0 Å². The van der Waals surface area contributed by atoms with Crippen molar-refractivity contribution in [2.75, 3.05) is 24.5 Å². The third-order valence-corrected chi connectivity index (χ3v) is 5.12. The number of anilines is 1. The van der Waals surface area contributed by atoms with Crippen LogP contribution < -0.4 is 4.90 Å². The van der Waals surface area contributed by atoms with Crippen molar-refractivity contribution >= 4 is 17.5 Å². The molecule has 116 valence electrons. The molecule has 0 aromatic heterocycles. The van der Waals surface area contributed by atoms with Crippen molar-refractivity contribution in [3.05, 3.63) is 30.1 Å². The first-order chi connectivity index (χ1) is 10.6. The number of carbonyl (C=O) groups excluding carboxylic acids is 2. The third kappa shape index (κ3) is 2.28. The molecule has 4 rings (SSSR count). The van der Waals surface area contributed by atoms with Gasteiger partial charge in [0.25, 0.3) is 0 Å². The molecule has 3 fully saturated rings. The number of rotatable bonds is 2. The van der Waals surface area contributed by atoms with Gasteiger partial charge in [-0.3, -0.25) is 9.59 Å². The monoisotopic (exact) mass is 302 g/mol. The van der Waals surface area contributed by atoms with Crippen LogP contribution in [-0.4, -0.2) is 36.3 Å². The molecule has 1 aliphatic carbocycles. The molecular formula is C17H19FN2O2. The van der Waals surface area contributed by atoms with Crippen LogP contribution in [0, 0.1) is 17.2 Å². The third-order valence-electron chi connectivity index (χ3n) is 5.12. The highest BCUT2D eigenvalue weighted by Crippen LogP contribution is 2.43. The molecule has 1 spiro atoms. The van der Waals surface area contributed by atoms with Gasteiger partial charge in [0.1, 0.15) is 5.82 Å². The number of hydrogen-bond acceptors (Lipinski definition) is 2. The number of carbonyl (C=O) groups is 2. The lowest BCUT2D eigenvalue weighted by atomic mass is 9.86. The Morgan fingerprint density at radius 1 is 1.27 bits per heavy atom. The summed E-state index contributed by atoms with van der Waals surface area (Å²) in [6.45, 7) is 2.00. The smallest absolute Gasteiger partial charge is 0.227 e. The highest BCUT2D eigenvalue weighted by molar-refractivity contribution is 5.96. The first-order valence-electron chi connectivity index (χ1n) is 7.91. The Balaban J connectivity index is 1.51. The van der Waals surface area contributed by atoms with Gasteiger partial charge in [-0.05, 0) is 37.5 Å². The predicted octanol–water partition coefficient (Wildman–Crippen LogP) is 2.19. The molecule has 1 aromatic rings. The van der Waals surface area contributed by atoms with Crippen LogP contribution in [0.4, 0.5) is 10.1 Å². The zero-order valence-electron chi connectivity index (χ0n) is 12.4. The topological polar surface area (TPSA) is 40.6 Å². The van der Waals surface area contributed by atoms with Crippen molar-refractivity contribution in [3.63, 3.8) is 0 Å². The highest BCUT2D eigenvalue weighted by atomic mass is 19.1. The minimum Gasteiger partial charge on any atom is -0.342 e. The fourth-order valence-electron chi connectivity index (χ4n) is 3.76. The van der Waals surface area contributed by atoms with E-state index in [4.69, 9.17) is 0 Å². The molecule has 0 radical (unpaired) electrons.